The van der Waals surface area contributed by atoms with Crippen molar-refractivity contribution in [3.05, 3.63) is 11.7 Å². The highest BCUT2D eigenvalue weighted by Gasteiger charge is 2.27. The van der Waals surface area contributed by atoms with Crippen LogP contribution in [0.4, 0.5) is 0 Å². The summed E-state index contributed by atoms with van der Waals surface area (Å²) in [7, 11) is 0. The first kappa shape index (κ1) is 17.7. The van der Waals surface area contributed by atoms with Crippen LogP contribution in [0.15, 0.2) is 4.52 Å². The lowest BCUT2D eigenvalue weighted by atomic mass is 9.97. The molecule has 1 atom stereocenters. The van der Waals surface area contributed by atoms with Crippen molar-refractivity contribution in [1.29, 1.82) is 0 Å². The highest BCUT2D eigenvalue weighted by Crippen LogP contribution is 2.20. The van der Waals surface area contributed by atoms with Crippen LogP contribution in [0.2, 0.25) is 0 Å². The maximum absolute atomic E-state index is 5.37. The molecule has 0 radical (unpaired) electrons. The van der Waals surface area contributed by atoms with Crippen LogP contribution in [-0.2, 0) is 12.0 Å². The molecule has 1 aromatic rings. The summed E-state index contributed by atoms with van der Waals surface area (Å²) in [6.45, 7) is 13.9. The molecule has 2 aliphatic rings. The number of piperazine rings is 1. The molecule has 126 valence electrons. The summed E-state index contributed by atoms with van der Waals surface area (Å²) >= 11 is 0. The lowest BCUT2D eigenvalue weighted by molar-refractivity contribution is 0.0959. The lowest BCUT2D eigenvalue weighted by Crippen LogP contribution is -2.50. The number of aromatic nitrogens is 2. The van der Waals surface area contributed by atoms with Crippen LogP contribution in [0.1, 0.15) is 38.9 Å². The Morgan fingerprint density at radius 1 is 1.23 bits per heavy atom. The van der Waals surface area contributed by atoms with E-state index in [2.05, 4.69) is 46.0 Å². The zero-order valence-electron chi connectivity index (χ0n) is 13.8. The molecule has 6 nitrogen and oxygen atoms in total. The van der Waals surface area contributed by atoms with Crippen LogP contribution < -0.4 is 5.32 Å². The first-order valence-electron chi connectivity index (χ1n) is 8.02. The fraction of sp³-hybridized carbons (Fsp3) is 0.867. The minimum Gasteiger partial charge on any atom is -0.339 e. The molecule has 0 saturated carbocycles. The van der Waals surface area contributed by atoms with E-state index in [-0.39, 0.29) is 17.8 Å². The summed E-state index contributed by atoms with van der Waals surface area (Å²) in [4.78, 5) is 9.57. The maximum atomic E-state index is 5.37. The van der Waals surface area contributed by atoms with Crippen LogP contribution in [0, 0.1) is 0 Å². The van der Waals surface area contributed by atoms with Gasteiger partial charge in [-0.15, -0.1) is 12.4 Å². The van der Waals surface area contributed by atoms with E-state index in [0.717, 1.165) is 57.0 Å². The molecule has 1 unspecified atom stereocenters. The smallest absolute Gasteiger partial charge is 0.232 e. The normalized spacial score (nSPS) is 24.4. The van der Waals surface area contributed by atoms with Gasteiger partial charge in [0, 0.05) is 44.2 Å². The Balaban J connectivity index is 0.00000176. The van der Waals surface area contributed by atoms with Crippen LogP contribution in [0.5, 0.6) is 0 Å². The molecule has 0 spiro atoms. The van der Waals surface area contributed by atoms with Gasteiger partial charge >= 0.3 is 0 Å². The average molecular weight is 330 g/mol. The van der Waals surface area contributed by atoms with E-state index in [1.807, 2.05) is 0 Å². The molecule has 2 saturated heterocycles. The van der Waals surface area contributed by atoms with Crippen molar-refractivity contribution in [2.75, 3.05) is 39.3 Å². The zero-order chi connectivity index (χ0) is 14.9. The van der Waals surface area contributed by atoms with Gasteiger partial charge in [-0.2, -0.15) is 4.98 Å². The van der Waals surface area contributed by atoms with Gasteiger partial charge in [0.05, 0.1) is 6.54 Å². The predicted molar refractivity (Wildman–Crippen MR) is 88.4 cm³/mol. The van der Waals surface area contributed by atoms with Gasteiger partial charge in [-0.25, -0.2) is 0 Å². The molecule has 1 aromatic heterocycles. The summed E-state index contributed by atoms with van der Waals surface area (Å²) in [6.07, 6.45) is 1.29. The van der Waals surface area contributed by atoms with Gasteiger partial charge in [0.15, 0.2) is 5.82 Å². The second-order valence-electron chi connectivity index (χ2n) is 7.22. The molecular weight excluding hydrogens is 302 g/mol. The standard InChI is InChI=1S/C15H27N5O.ClH/c1-15(2,3)14-17-13(18-21-14)11-19-6-8-20(9-7-19)12-4-5-16-10-12;/h12,16H,4-11H2,1-3H3;1H. The molecule has 0 amide bonds. The molecule has 2 aliphatic heterocycles. The Morgan fingerprint density at radius 3 is 2.50 bits per heavy atom. The number of nitrogens with one attached hydrogen (secondary N) is 1. The second-order valence-corrected chi connectivity index (χ2v) is 7.22. The van der Waals surface area contributed by atoms with Crippen LogP contribution >= 0.6 is 12.4 Å². The Kier molecular flexibility index (Phi) is 5.82. The minimum atomic E-state index is -0.0700. The van der Waals surface area contributed by atoms with Crippen molar-refractivity contribution in [3.63, 3.8) is 0 Å². The highest BCUT2D eigenvalue weighted by molar-refractivity contribution is 5.85. The van der Waals surface area contributed by atoms with E-state index in [4.69, 9.17) is 4.52 Å². The van der Waals surface area contributed by atoms with Crippen molar-refractivity contribution < 1.29 is 4.52 Å². The fourth-order valence-electron chi connectivity index (χ4n) is 3.06. The molecule has 0 aliphatic carbocycles. The molecule has 0 aromatic carbocycles. The van der Waals surface area contributed by atoms with Crippen molar-refractivity contribution in [2.45, 2.75) is 45.2 Å². The van der Waals surface area contributed by atoms with Gasteiger partial charge < -0.3 is 9.84 Å². The summed E-state index contributed by atoms with van der Waals surface area (Å²) in [5.74, 6) is 1.55. The number of rotatable bonds is 3. The van der Waals surface area contributed by atoms with E-state index in [1.165, 1.54) is 13.0 Å². The van der Waals surface area contributed by atoms with Crippen molar-refractivity contribution in [3.8, 4) is 0 Å². The topological polar surface area (TPSA) is 57.4 Å². The van der Waals surface area contributed by atoms with Crippen LogP contribution in [-0.4, -0.2) is 65.3 Å². The van der Waals surface area contributed by atoms with Gasteiger partial charge in [0.25, 0.3) is 0 Å². The summed E-state index contributed by atoms with van der Waals surface area (Å²) < 4.78 is 5.37. The quantitative estimate of drug-likeness (QED) is 0.901. The average Bonchev–Trinajstić information content (AvgIpc) is 3.09. The van der Waals surface area contributed by atoms with E-state index >= 15 is 0 Å². The Labute approximate surface area is 139 Å². The molecule has 22 heavy (non-hydrogen) atoms. The Morgan fingerprint density at radius 2 is 1.95 bits per heavy atom. The van der Waals surface area contributed by atoms with Crippen molar-refractivity contribution in [2.24, 2.45) is 0 Å². The molecule has 3 rings (SSSR count). The fourth-order valence-corrected chi connectivity index (χ4v) is 3.06. The Hall–Kier alpha value is -0.690. The van der Waals surface area contributed by atoms with E-state index in [9.17, 15) is 0 Å². The van der Waals surface area contributed by atoms with Gasteiger partial charge in [0.1, 0.15) is 0 Å². The van der Waals surface area contributed by atoms with Gasteiger partial charge in [-0.1, -0.05) is 25.9 Å². The summed E-state index contributed by atoms with van der Waals surface area (Å²) in [5.41, 5.74) is -0.0700. The predicted octanol–water partition coefficient (Wildman–Crippen LogP) is 1.27. The Bertz CT molecular complexity index is 459. The first-order chi connectivity index (χ1) is 10.0. The van der Waals surface area contributed by atoms with Crippen LogP contribution in [0.25, 0.3) is 0 Å². The number of hydrogen-bond donors (Lipinski definition) is 1. The lowest BCUT2D eigenvalue weighted by Gasteiger charge is -2.37. The number of nitrogens with zero attached hydrogens (tertiary/aromatic N) is 4. The number of hydrogen-bond acceptors (Lipinski definition) is 6. The first-order valence-corrected chi connectivity index (χ1v) is 8.02. The van der Waals surface area contributed by atoms with E-state index in [1.54, 1.807) is 0 Å². The summed E-state index contributed by atoms with van der Waals surface area (Å²) in [5, 5.41) is 7.57. The molecule has 0 bridgehead atoms. The van der Waals surface area contributed by atoms with E-state index < -0.39 is 0 Å². The van der Waals surface area contributed by atoms with Crippen molar-refractivity contribution in [1.82, 2.24) is 25.3 Å². The third-order valence-electron chi connectivity index (χ3n) is 4.43. The minimum absolute atomic E-state index is 0. The zero-order valence-corrected chi connectivity index (χ0v) is 14.7. The molecule has 7 heteroatoms. The third kappa shape index (κ3) is 4.19. The van der Waals surface area contributed by atoms with Gasteiger partial charge in [-0.3, -0.25) is 9.80 Å². The third-order valence-corrected chi connectivity index (χ3v) is 4.43. The van der Waals surface area contributed by atoms with Gasteiger partial charge in [-0.05, 0) is 13.0 Å². The van der Waals surface area contributed by atoms with Gasteiger partial charge in [0.2, 0.25) is 5.89 Å². The molecular formula is C15H28ClN5O. The maximum Gasteiger partial charge on any atom is 0.232 e. The largest absolute Gasteiger partial charge is 0.339 e. The SMILES string of the molecule is CC(C)(C)c1nc(CN2CCN(C3CCNC3)CC2)no1.Cl. The monoisotopic (exact) mass is 329 g/mol. The molecule has 3 heterocycles. The second kappa shape index (κ2) is 7.25. The number of halogens is 1. The summed E-state index contributed by atoms with van der Waals surface area (Å²) in [6, 6.07) is 0.741. The molecule has 1 N–H and O–H groups in total. The highest BCUT2D eigenvalue weighted by atomic mass is 35.5. The van der Waals surface area contributed by atoms with Crippen molar-refractivity contribution >= 4 is 12.4 Å². The van der Waals surface area contributed by atoms with E-state index in [0.29, 0.717) is 0 Å². The molecule has 2 fully saturated rings. The van der Waals surface area contributed by atoms with Crippen LogP contribution in [0.3, 0.4) is 0 Å².